The fourth-order valence-corrected chi connectivity index (χ4v) is 5.12. The number of nitrogens with zero attached hydrogens (tertiary/aromatic N) is 1. The van der Waals surface area contributed by atoms with Gasteiger partial charge in [0, 0.05) is 15.2 Å². The lowest BCUT2D eigenvalue weighted by molar-refractivity contribution is 0.0971. The number of rotatable bonds is 8. The molecule has 0 saturated carbocycles. The number of carbonyl (C=O) groups excluding carboxylic acids is 1. The maximum absolute atomic E-state index is 13.8. The number of carbonyl (C=O) groups is 1. The Labute approximate surface area is 227 Å². The number of ether oxygens (including phenoxy) is 2. The molecule has 0 aliphatic carbocycles. The third-order valence-electron chi connectivity index (χ3n) is 6.26. The molecule has 190 valence electrons. The second-order valence-corrected chi connectivity index (χ2v) is 10.1. The van der Waals surface area contributed by atoms with Crippen LogP contribution >= 0.6 is 27.5 Å². The van der Waals surface area contributed by atoms with E-state index in [9.17, 15) is 9.59 Å². The van der Waals surface area contributed by atoms with Crippen LogP contribution in [0.15, 0.2) is 74.3 Å². The Kier molecular flexibility index (Phi) is 7.26. The Bertz CT molecular complexity index is 1550. The maximum atomic E-state index is 13.8. The van der Waals surface area contributed by atoms with E-state index in [0.29, 0.717) is 52.0 Å². The first-order valence-electron chi connectivity index (χ1n) is 12.2. The summed E-state index contributed by atoms with van der Waals surface area (Å²) in [6, 6.07) is 17.0. The monoisotopic (exact) mass is 581 g/mol. The van der Waals surface area contributed by atoms with Crippen molar-refractivity contribution in [1.82, 2.24) is 0 Å². The van der Waals surface area contributed by atoms with Crippen molar-refractivity contribution in [3.05, 3.63) is 97.3 Å². The average molecular weight is 583 g/mol. The molecular formula is C29H25BrClNO5. The smallest absolute Gasteiger partial charge is 0.295 e. The highest BCUT2D eigenvalue weighted by Gasteiger charge is 2.44. The van der Waals surface area contributed by atoms with E-state index in [1.807, 2.05) is 49.4 Å². The summed E-state index contributed by atoms with van der Waals surface area (Å²) in [5.74, 6) is 0.800. The van der Waals surface area contributed by atoms with Gasteiger partial charge in [-0.3, -0.25) is 14.5 Å². The predicted molar refractivity (Wildman–Crippen MR) is 148 cm³/mol. The van der Waals surface area contributed by atoms with Crippen molar-refractivity contribution >= 4 is 50.1 Å². The molecule has 2 heterocycles. The van der Waals surface area contributed by atoms with E-state index in [2.05, 4.69) is 22.9 Å². The van der Waals surface area contributed by atoms with E-state index in [1.54, 1.807) is 23.1 Å². The minimum absolute atomic E-state index is 0.0195. The molecule has 3 aromatic carbocycles. The molecule has 1 atom stereocenters. The van der Waals surface area contributed by atoms with E-state index in [4.69, 9.17) is 25.5 Å². The molecule has 1 aromatic heterocycles. The summed E-state index contributed by atoms with van der Waals surface area (Å²) in [5.41, 5.74) is 1.61. The van der Waals surface area contributed by atoms with E-state index >= 15 is 0 Å². The van der Waals surface area contributed by atoms with Gasteiger partial charge < -0.3 is 13.9 Å². The molecular weight excluding hydrogens is 558 g/mol. The molecule has 0 spiro atoms. The lowest BCUT2D eigenvalue weighted by Gasteiger charge is -2.26. The van der Waals surface area contributed by atoms with Crippen LogP contribution in [0.1, 0.15) is 54.4 Å². The highest BCUT2D eigenvalue weighted by molar-refractivity contribution is 9.10. The number of hydrogen-bond donors (Lipinski definition) is 0. The van der Waals surface area contributed by atoms with Crippen molar-refractivity contribution < 1.29 is 18.7 Å². The van der Waals surface area contributed by atoms with Crippen molar-refractivity contribution in [3.8, 4) is 11.5 Å². The number of unbranched alkanes of at least 4 members (excludes halogenated alkanes) is 1. The first-order chi connectivity index (χ1) is 17.9. The molecule has 5 rings (SSSR count). The highest BCUT2D eigenvalue weighted by Crippen LogP contribution is 2.44. The van der Waals surface area contributed by atoms with Gasteiger partial charge in [0.15, 0.2) is 16.9 Å². The topological polar surface area (TPSA) is 69.0 Å². The Balaban J connectivity index is 1.72. The van der Waals surface area contributed by atoms with Crippen molar-refractivity contribution in [2.75, 3.05) is 18.1 Å². The van der Waals surface area contributed by atoms with Crippen LogP contribution in [0.2, 0.25) is 5.02 Å². The highest BCUT2D eigenvalue weighted by atomic mass is 79.9. The summed E-state index contributed by atoms with van der Waals surface area (Å²) >= 11 is 9.69. The van der Waals surface area contributed by atoms with Gasteiger partial charge in [0.2, 0.25) is 5.76 Å². The SMILES string of the molecule is CCCCOc1ccc(C2c3c(oc4ccc(Cl)cc4c3=O)C(=O)N2c2cccc(Br)c2)cc1OCC. The molecule has 0 saturated heterocycles. The van der Waals surface area contributed by atoms with Gasteiger partial charge in [-0.25, -0.2) is 0 Å². The van der Waals surface area contributed by atoms with Gasteiger partial charge >= 0.3 is 0 Å². The second-order valence-electron chi connectivity index (χ2n) is 8.71. The summed E-state index contributed by atoms with van der Waals surface area (Å²) < 4.78 is 18.7. The molecule has 0 radical (unpaired) electrons. The zero-order valence-corrected chi connectivity index (χ0v) is 22.8. The third kappa shape index (κ3) is 4.74. The first-order valence-corrected chi connectivity index (χ1v) is 13.3. The predicted octanol–water partition coefficient (Wildman–Crippen LogP) is 7.54. The van der Waals surface area contributed by atoms with E-state index < -0.39 is 11.9 Å². The van der Waals surface area contributed by atoms with Crippen LogP contribution < -0.4 is 19.8 Å². The number of hydrogen-bond acceptors (Lipinski definition) is 5. The number of benzene rings is 3. The van der Waals surface area contributed by atoms with Crippen LogP contribution in [-0.2, 0) is 0 Å². The quantitative estimate of drug-likeness (QED) is 0.201. The number of halogens is 2. The van der Waals surface area contributed by atoms with Crippen LogP contribution in [0, 0.1) is 0 Å². The molecule has 8 heteroatoms. The van der Waals surface area contributed by atoms with Gasteiger partial charge in [-0.1, -0.05) is 53.0 Å². The van der Waals surface area contributed by atoms with Crippen LogP contribution in [0.3, 0.4) is 0 Å². The molecule has 1 amide bonds. The molecule has 37 heavy (non-hydrogen) atoms. The third-order valence-corrected chi connectivity index (χ3v) is 6.99. The molecule has 1 aliphatic rings. The second kappa shape index (κ2) is 10.6. The molecule has 6 nitrogen and oxygen atoms in total. The minimum atomic E-state index is -0.736. The zero-order valence-electron chi connectivity index (χ0n) is 20.4. The Morgan fingerprint density at radius 3 is 2.59 bits per heavy atom. The lowest BCUT2D eigenvalue weighted by atomic mass is 9.97. The Hall–Kier alpha value is -3.29. The van der Waals surface area contributed by atoms with Crippen LogP contribution in [0.4, 0.5) is 5.69 Å². The number of amides is 1. The summed E-state index contributed by atoms with van der Waals surface area (Å²) in [6.45, 7) is 5.01. The Morgan fingerprint density at radius 1 is 1.00 bits per heavy atom. The lowest BCUT2D eigenvalue weighted by Crippen LogP contribution is -2.29. The fourth-order valence-electron chi connectivity index (χ4n) is 4.56. The molecule has 0 bridgehead atoms. The minimum Gasteiger partial charge on any atom is -0.490 e. The van der Waals surface area contributed by atoms with Crippen LogP contribution in [0.25, 0.3) is 11.0 Å². The van der Waals surface area contributed by atoms with Gasteiger partial charge in [-0.15, -0.1) is 0 Å². The molecule has 0 fully saturated rings. The maximum Gasteiger partial charge on any atom is 0.295 e. The Morgan fingerprint density at radius 2 is 1.84 bits per heavy atom. The van der Waals surface area contributed by atoms with Crippen molar-refractivity contribution in [1.29, 1.82) is 0 Å². The number of anilines is 1. The molecule has 4 aromatic rings. The van der Waals surface area contributed by atoms with Gasteiger partial charge in [0.1, 0.15) is 5.58 Å². The van der Waals surface area contributed by atoms with Gasteiger partial charge in [0.05, 0.1) is 30.2 Å². The van der Waals surface area contributed by atoms with Gasteiger partial charge in [0.25, 0.3) is 5.91 Å². The summed E-state index contributed by atoms with van der Waals surface area (Å²) in [4.78, 5) is 29.2. The first kappa shape index (κ1) is 25.4. The van der Waals surface area contributed by atoms with Gasteiger partial charge in [-0.2, -0.15) is 0 Å². The van der Waals surface area contributed by atoms with E-state index in [0.717, 1.165) is 17.3 Å². The normalized spacial score (nSPS) is 14.8. The summed E-state index contributed by atoms with van der Waals surface area (Å²) in [5, 5.41) is 0.737. The van der Waals surface area contributed by atoms with E-state index in [1.165, 1.54) is 0 Å². The fraction of sp³-hybridized carbons (Fsp3) is 0.241. The molecule has 0 N–H and O–H groups in total. The van der Waals surface area contributed by atoms with Crippen molar-refractivity contribution in [3.63, 3.8) is 0 Å². The van der Waals surface area contributed by atoms with E-state index in [-0.39, 0.29) is 16.8 Å². The summed E-state index contributed by atoms with van der Waals surface area (Å²) in [7, 11) is 0. The largest absolute Gasteiger partial charge is 0.490 e. The van der Waals surface area contributed by atoms with Crippen molar-refractivity contribution in [2.45, 2.75) is 32.7 Å². The van der Waals surface area contributed by atoms with Crippen LogP contribution in [0.5, 0.6) is 11.5 Å². The van der Waals surface area contributed by atoms with Crippen molar-refractivity contribution in [2.24, 2.45) is 0 Å². The standard InChI is InChI=1S/C29H25BrClNO5/c1-3-5-13-36-23-11-9-17(14-24(23)35-4-2)26-25-27(33)21-16-19(31)10-12-22(21)37-28(25)29(34)32(26)20-8-6-7-18(30)15-20/h6-12,14-16,26H,3-5,13H2,1-2H3. The zero-order chi connectivity index (χ0) is 26.1. The molecule has 1 unspecified atom stereocenters. The van der Waals surface area contributed by atoms with Crippen LogP contribution in [-0.4, -0.2) is 19.1 Å². The molecule has 1 aliphatic heterocycles. The average Bonchev–Trinajstić information content (AvgIpc) is 3.18. The number of fused-ring (bicyclic) bond motifs is 2. The summed E-state index contributed by atoms with van der Waals surface area (Å²) in [6.07, 6.45) is 1.93. The van der Waals surface area contributed by atoms with Gasteiger partial charge in [-0.05, 0) is 67.4 Å².